The van der Waals surface area contributed by atoms with E-state index < -0.39 is 0 Å². The van der Waals surface area contributed by atoms with Crippen LogP contribution in [-0.2, 0) is 6.61 Å². The van der Waals surface area contributed by atoms with Gasteiger partial charge in [0.15, 0.2) is 5.65 Å². The molecule has 0 saturated heterocycles. The summed E-state index contributed by atoms with van der Waals surface area (Å²) in [5.41, 5.74) is 3.88. The Labute approximate surface area is 130 Å². The number of hydrogen-bond acceptors (Lipinski definition) is 5. The molecule has 0 aliphatic heterocycles. The van der Waals surface area contributed by atoms with Gasteiger partial charge in [-0.05, 0) is 23.6 Å². The Morgan fingerprint density at radius 1 is 1.14 bits per heavy atom. The van der Waals surface area contributed by atoms with Crippen LogP contribution in [0.2, 0.25) is 0 Å². The monoisotopic (exact) mass is 308 g/mol. The lowest BCUT2D eigenvalue weighted by atomic mass is 10.3. The highest BCUT2D eigenvalue weighted by atomic mass is 32.1. The molecule has 0 atom stereocenters. The molecule has 0 spiro atoms. The molecule has 22 heavy (non-hydrogen) atoms. The molecular formula is C16H12N4OS. The number of hydrogen-bond donors (Lipinski definition) is 0. The van der Waals surface area contributed by atoms with Crippen LogP contribution in [0.4, 0.5) is 0 Å². The average Bonchev–Trinajstić information content (AvgIpc) is 3.22. The van der Waals surface area contributed by atoms with Crippen LogP contribution in [0, 0.1) is 0 Å². The van der Waals surface area contributed by atoms with Crippen LogP contribution < -0.4 is 4.74 Å². The van der Waals surface area contributed by atoms with Crippen molar-refractivity contribution in [3.63, 3.8) is 0 Å². The van der Waals surface area contributed by atoms with Gasteiger partial charge < -0.3 is 4.74 Å². The number of aromatic nitrogens is 4. The largest absolute Gasteiger partial charge is 0.472 e. The minimum Gasteiger partial charge on any atom is -0.472 e. The second kappa shape index (κ2) is 5.57. The lowest BCUT2D eigenvalue weighted by Gasteiger charge is -2.06. The van der Waals surface area contributed by atoms with Gasteiger partial charge in [0.1, 0.15) is 6.61 Å². The average molecular weight is 308 g/mol. The lowest BCUT2D eigenvalue weighted by molar-refractivity contribution is 0.289. The van der Waals surface area contributed by atoms with E-state index in [1.54, 1.807) is 28.2 Å². The van der Waals surface area contributed by atoms with Crippen molar-refractivity contribution in [3.05, 3.63) is 65.2 Å². The van der Waals surface area contributed by atoms with Gasteiger partial charge in [-0.25, -0.2) is 9.50 Å². The molecule has 0 aromatic carbocycles. The van der Waals surface area contributed by atoms with E-state index in [1.807, 2.05) is 35.8 Å². The Morgan fingerprint density at radius 2 is 2.14 bits per heavy atom. The van der Waals surface area contributed by atoms with Crippen molar-refractivity contribution in [2.75, 3.05) is 0 Å². The smallest absolute Gasteiger partial charge is 0.232 e. The van der Waals surface area contributed by atoms with E-state index in [0.29, 0.717) is 12.5 Å². The maximum absolute atomic E-state index is 5.74. The molecule has 0 amide bonds. The summed E-state index contributed by atoms with van der Waals surface area (Å²) >= 11 is 1.65. The number of rotatable bonds is 4. The number of thiophene rings is 1. The number of fused-ring (bicyclic) bond motifs is 1. The fourth-order valence-corrected chi connectivity index (χ4v) is 2.83. The van der Waals surface area contributed by atoms with Crippen molar-refractivity contribution in [2.45, 2.75) is 6.61 Å². The van der Waals surface area contributed by atoms with Gasteiger partial charge in [-0.2, -0.15) is 11.3 Å². The molecule has 0 unspecified atom stereocenters. The van der Waals surface area contributed by atoms with Crippen molar-refractivity contribution in [1.82, 2.24) is 19.6 Å². The molecular weight excluding hydrogens is 296 g/mol. The van der Waals surface area contributed by atoms with Crippen LogP contribution in [0.25, 0.3) is 16.9 Å². The SMILES string of the molecule is c1cncc(COc2ccc3ncc(-c4ccsc4)n3n2)c1. The van der Waals surface area contributed by atoms with Crippen LogP contribution in [0.3, 0.4) is 0 Å². The van der Waals surface area contributed by atoms with Gasteiger partial charge in [-0.15, -0.1) is 5.10 Å². The van der Waals surface area contributed by atoms with Crippen molar-refractivity contribution >= 4 is 17.0 Å². The minimum atomic E-state index is 0.439. The molecule has 4 aromatic rings. The van der Waals surface area contributed by atoms with Crippen LogP contribution in [0.5, 0.6) is 5.88 Å². The third-order valence-corrected chi connectivity index (χ3v) is 3.95. The van der Waals surface area contributed by atoms with Crippen LogP contribution >= 0.6 is 11.3 Å². The highest BCUT2D eigenvalue weighted by Crippen LogP contribution is 2.23. The molecule has 6 heteroatoms. The molecule has 0 aliphatic rings. The van der Waals surface area contributed by atoms with Crippen molar-refractivity contribution in [1.29, 1.82) is 0 Å². The molecule has 0 fully saturated rings. The highest BCUT2D eigenvalue weighted by molar-refractivity contribution is 7.08. The maximum Gasteiger partial charge on any atom is 0.232 e. The zero-order valence-corrected chi connectivity index (χ0v) is 12.4. The molecule has 108 valence electrons. The minimum absolute atomic E-state index is 0.439. The fraction of sp³-hybridized carbons (Fsp3) is 0.0625. The van der Waals surface area contributed by atoms with E-state index in [1.165, 1.54) is 0 Å². The molecule has 0 aliphatic carbocycles. The fourth-order valence-electron chi connectivity index (χ4n) is 2.18. The first-order valence-electron chi connectivity index (χ1n) is 6.79. The molecule has 0 N–H and O–H groups in total. The Hall–Kier alpha value is -2.73. The summed E-state index contributed by atoms with van der Waals surface area (Å²) in [6.07, 6.45) is 5.36. The van der Waals surface area contributed by atoms with Crippen LogP contribution in [0.1, 0.15) is 5.56 Å². The quantitative estimate of drug-likeness (QED) is 0.579. The van der Waals surface area contributed by atoms with Gasteiger partial charge in [0.2, 0.25) is 5.88 Å². The standard InChI is InChI=1S/C16H12N4OS/c1-2-12(8-17-6-1)10-21-16-4-3-15-18-9-14(20(15)19-16)13-5-7-22-11-13/h1-9,11H,10H2. The summed E-state index contributed by atoms with van der Waals surface area (Å²) in [6, 6.07) is 9.65. The van der Waals surface area contributed by atoms with Crippen molar-refractivity contribution in [2.24, 2.45) is 0 Å². The summed E-state index contributed by atoms with van der Waals surface area (Å²) in [5, 5.41) is 8.64. The molecule has 0 bridgehead atoms. The van der Waals surface area contributed by atoms with Gasteiger partial charge in [-0.1, -0.05) is 6.07 Å². The number of pyridine rings is 1. The van der Waals surface area contributed by atoms with Crippen LogP contribution in [-0.4, -0.2) is 19.6 Å². The number of imidazole rings is 1. The number of nitrogens with zero attached hydrogens (tertiary/aromatic N) is 4. The van der Waals surface area contributed by atoms with Crippen LogP contribution in [0.15, 0.2) is 59.7 Å². The van der Waals surface area contributed by atoms with E-state index in [4.69, 9.17) is 4.74 Å². The van der Waals surface area contributed by atoms with Gasteiger partial charge in [0.05, 0.1) is 11.9 Å². The summed E-state index contributed by atoms with van der Waals surface area (Å²) in [6.45, 7) is 0.439. The van der Waals surface area contributed by atoms with E-state index in [-0.39, 0.29) is 0 Å². The first-order chi connectivity index (χ1) is 10.9. The zero-order valence-electron chi connectivity index (χ0n) is 11.6. The molecule has 4 rings (SSSR count). The lowest BCUT2D eigenvalue weighted by Crippen LogP contribution is -2.01. The topological polar surface area (TPSA) is 52.3 Å². The Balaban J connectivity index is 1.64. The van der Waals surface area contributed by atoms with Gasteiger partial charge in [0.25, 0.3) is 0 Å². The van der Waals surface area contributed by atoms with Gasteiger partial charge in [0, 0.05) is 35.0 Å². The zero-order chi connectivity index (χ0) is 14.8. The van der Waals surface area contributed by atoms with Crippen molar-refractivity contribution < 1.29 is 4.74 Å². The highest BCUT2D eigenvalue weighted by Gasteiger charge is 2.08. The second-order valence-corrected chi connectivity index (χ2v) is 5.53. The second-order valence-electron chi connectivity index (χ2n) is 4.75. The van der Waals surface area contributed by atoms with E-state index >= 15 is 0 Å². The van der Waals surface area contributed by atoms with Crippen molar-refractivity contribution in [3.8, 4) is 17.1 Å². The third kappa shape index (κ3) is 2.44. The molecule has 0 saturated carbocycles. The Bertz CT molecular complexity index is 887. The Morgan fingerprint density at radius 3 is 2.95 bits per heavy atom. The summed E-state index contributed by atoms with van der Waals surface area (Å²) < 4.78 is 7.55. The van der Waals surface area contributed by atoms with E-state index in [2.05, 4.69) is 26.5 Å². The maximum atomic E-state index is 5.74. The molecule has 5 nitrogen and oxygen atoms in total. The molecule has 4 heterocycles. The molecule has 0 radical (unpaired) electrons. The van der Waals surface area contributed by atoms with Gasteiger partial charge >= 0.3 is 0 Å². The predicted octanol–water partition coefficient (Wildman–Crippen LogP) is 3.43. The number of ether oxygens (including phenoxy) is 1. The van der Waals surface area contributed by atoms with E-state index in [9.17, 15) is 0 Å². The third-order valence-electron chi connectivity index (χ3n) is 3.26. The predicted molar refractivity (Wildman–Crippen MR) is 84.9 cm³/mol. The normalized spacial score (nSPS) is 10.9. The summed E-state index contributed by atoms with van der Waals surface area (Å²) in [4.78, 5) is 8.45. The Kier molecular flexibility index (Phi) is 3.29. The first kappa shape index (κ1) is 13.0. The van der Waals surface area contributed by atoms with Gasteiger partial charge in [-0.3, -0.25) is 4.98 Å². The summed E-state index contributed by atoms with van der Waals surface area (Å²) in [7, 11) is 0. The first-order valence-corrected chi connectivity index (χ1v) is 7.73. The molecule has 4 aromatic heterocycles. The van der Waals surface area contributed by atoms with E-state index in [0.717, 1.165) is 22.5 Å². The summed E-state index contributed by atoms with van der Waals surface area (Å²) in [5.74, 6) is 0.561.